The van der Waals surface area contributed by atoms with Crippen LogP contribution in [0.1, 0.15) is 35.4 Å². The Morgan fingerprint density at radius 3 is 1.70 bits per heavy atom. The molecule has 6 heterocycles. The van der Waals surface area contributed by atoms with Crippen molar-refractivity contribution in [3.8, 4) is 34.5 Å². The molecule has 0 bridgehead atoms. The molecule has 0 saturated heterocycles. The quantitative estimate of drug-likeness (QED) is 0.0908. The van der Waals surface area contributed by atoms with E-state index in [4.69, 9.17) is 37.9 Å². The third-order valence-electron chi connectivity index (χ3n) is 9.17. The van der Waals surface area contributed by atoms with E-state index in [0.717, 1.165) is 46.7 Å². The first-order valence-electron chi connectivity index (χ1n) is 18.7. The van der Waals surface area contributed by atoms with E-state index in [-0.39, 0.29) is 81.3 Å². The van der Waals surface area contributed by atoms with Gasteiger partial charge in [-0.3, -0.25) is 18.4 Å². The van der Waals surface area contributed by atoms with Crippen LogP contribution in [0.15, 0.2) is 59.1 Å². The van der Waals surface area contributed by atoms with Crippen molar-refractivity contribution in [2.24, 2.45) is 0 Å². The van der Waals surface area contributed by atoms with E-state index in [1.807, 2.05) is 32.0 Å². The Morgan fingerprint density at radius 2 is 1.16 bits per heavy atom. The summed E-state index contributed by atoms with van der Waals surface area (Å²) in [7, 11) is 0.507. The van der Waals surface area contributed by atoms with Crippen LogP contribution in [0.25, 0.3) is 22.1 Å². The van der Waals surface area contributed by atoms with Gasteiger partial charge in [0.25, 0.3) is 0 Å². The van der Waals surface area contributed by atoms with Crippen LogP contribution in [0, 0.1) is 13.8 Å². The van der Waals surface area contributed by atoms with Gasteiger partial charge >= 0.3 is 59.1 Å². The molecular weight excluding hydrogens is 851 g/mol. The molecule has 2 aliphatic rings. The Balaban J connectivity index is 0.000000256. The molecule has 8 rings (SSSR count). The first kappa shape index (κ1) is 50.3. The van der Waals surface area contributed by atoms with Gasteiger partial charge in [-0.2, -0.15) is 0 Å². The molecule has 0 radical (unpaired) electrons. The molecule has 2 atom stereocenters. The van der Waals surface area contributed by atoms with Gasteiger partial charge in [0.05, 0.1) is 68.7 Å². The number of H-pyrrole nitrogens is 1. The Kier molecular flexibility index (Phi) is 20.2. The third kappa shape index (κ3) is 12.9. The number of aromatic nitrogens is 6. The van der Waals surface area contributed by atoms with Gasteiger partial charge < -0.3 is 58.3 Å². The van der Waals surface area contributed by atoms with Crippen molar-refractivity contribution in [1.29, 1.82) is 0 Å². The van der Waals surface area contributed by atoms with Crippen molar-refractivity contribution in [2.75, 3.05) is 67.1 Å². The summed E-state index contributed by atoms with van der Waals surface area (Å²) in [6.45, 7) is 8.25. The van der Waals surface area contributed by atoms with Gasteiger partial charge in [-0.05, 0) is 49.1 Å². The third-order valence-corrected chi connectivity index (χ3v) is 11.5. The molecule has 17 nitrogen and oxygen atoms in total. The summed E-state index contributed by atoms with van der Waals surface area (Å²) in [5.74, 6) is 4.53. The van der Waals surface area contributed by atoms with E-state index < -0.39 is 21.6 Å². The number of methoxy groups -OCH3 is 2. The SMILES string of the molecule is COCCCOc1ccnc(CS(=O)c2nc3cc4c(cc3[n-]2)OCCO4)c1C.COCCCOc1ccnc(CS(=O)c2nc3cc4c(cc3[nH]2)OCCO4)c1C.[Na+].[Na+].[OH-]. The topological polar surface area (TPSA) is 219 Å². The number of pyridine rings is 2. The molecule has 2 aliphatic heterocycles. The number of fused-ring (bicyclic) bond motifs is 4. The fourth-order valence-corrected chi connectivity index (χ4v) is 8.25. The Morgan fingerprint density at radius 1 is 0.672 bits per heavy atom. The van der Waals surface area contributed by atoms with E-state index in [1.54, 1.807) is 44.8 Å². The number of hydrogen-bond donors (Lipinski definition) is 1. The first-order chi connectivity index (χ1) is 28.3. The normalized spacial score (nSPS) is 13.4. The van der Waals surface area contributed by atoms with Gasteiger partial charge in [0.15, 0.2) is 28.2 Å². The first-order valence-corrected chi connectivity index (χ1v) is 21.4. The maximum atomic E-state index is 12.9. The van der Waals surface area contributed by atoms with Crippen LogP contribution in [-0.2, 0) is 42.6 Å². The number of ether oxygens (including phenoxy) is 8. The number of benzene rings is 2. The molecule has 0 fully saturated rings. The minimum absolute atomic E-state index is 0. The van der Waals surface area contributed by atoms with Crippen molar-refractivity contribution in [3.63, 3.8) is 0 Å². The van der Waals surface area contributed by atoms with Crippen molar-refractivity contribution in [3.05, 3.63) is 71.3 Å². The van der Waals surface area contributed by atoms with Crippen LogP contribution in [-0.4, -0.2) is 106 Å². The number of hydrogen-bond acceptors (Lipinski definition) is 15. The van der Waals surface area contributed by atoms with Crippen molar-refractivity contribution in [2.45, 2.75) is 48.5 Å². The fraction of sp³-hybridized carbons (Fsp3) is 0.400. The summed E-state index contributed by atoms with van der Waals surface area (Å²) in [5, 5.41) is 0.671. The van der Waals surface area contributed by atoms with Gasteiger partial charge in [-0.1, -0.05) is 0 Å². The summed E-state index contributed by atoms with van der Waals surface area (Å²) in [4.78, 5) is 25.2. The molecule has 0 amide bonds. The van der Waals surface area contributed by atoms with Crippen LogP contribution < -0.4 is 92.5 Å². The molecule has 6 aromatic rings. The van der Waals surface area contributed by atoms with Crippen LogP contribution >= 0.6 is 0 Å². The smallest absolute Gasteiger partial charge is 0.870 e. The fourth-order valence-electron chi connectivity index (χ4n) is 6.08. The zero-order valence-electron chi connectivity index (χ0n) is 35.2. The van der Waals surface area contributed by atoms with Crippen molar-refractivity contribution in [1.82, 2.24) is 29.9 Å². The average molecular weight is 897 g/mol. The molecule has 0 spiro atoms. The largest absolute Gasteiger partial charge is 1.00 e. The molecule has 0 aliphatic carbocycles. The maximum Gasteiger partial charge on any atom is 1.00 e. The predicted molar refractivity (Wildman–Crippen MR) is 217 cm³/mol. The van der Waals surface area contributed by atoms with Gasteiger partial charge in [0.1, 0.15) is 37.9 Å². The van der Waals surface area contributed by atoms with E-state index in [2.05, 4.69) is 29.9 Å². The number of aromatic amines is 1. The number of rotatable bonds is 16. The van der Waals surface area contributed by atoms with E-state index >= 15 is 0 Å². The summed E-state index contributed by atoms with van der Waals surface area (Å²) in [6.07, 6.45) is 4.93. The van der Waals surface area contributed by atoms with Crippen LogP contribution in [0.3, 0.4) is 0 Å². The van der Waals surface area contributed by atoms with Crippen LogP contribution in [0.2, 0.25) is 0 Å². The molecule has 2 unspecified atom stereocenters. The molecule has 61 heavy (non-hydrogen) atoms. The van der Waals surface area contributed by atoms with Crippen molar-refractivity contribution >= 4 is 43.7 Å². The summed E-state index contributed by atoms with van der Waals surface area (Å²) in [6, 6.07) is 10.8. The van der Waals surface area contributed by atoms with Crippen LogP contribution in [0.5, 0.6) is 34.5 Å². The zero-order valence-corrected chi connectivity index (χ0v) is 40.8. The molecule has 4 aromatic heterocycles. The van der Waals surface area contributed by atoms with Gasteiger partial charge in [0, 0.05) is 81.1 Å². The Labute approximate surface area is 402 Å². The van der Waals surface area contributed by atoms with Crippen LogP contribution in [0.4, 0.5) is 0 Å². The zero-order chi connectivity index (χ0) is 40.4. The van der Waals surface area contributed by atoms with Gasteiger partial charge in [-0.25, -0.2) is 4.98 Å². The standard InChI is InChI=1S/C20H23N3O5S.C20H22N3O5S.2Na.H2O/c2*1-13-16(21-5-4-17(13)26-7-3-6-25-2)12-29(24)20-22-14-10-18-19(11-15(14)23-20)28-9-8-27-18;;;/h4-5,10-11H,3,6-9,12H2,1-2H3,(H,22,23);4-5,10-11H,3,6-9,12H2,1-2H3;;;1H2/q;-1;2*+1;/p-1. The Hall–Kier alpha value is -3.34. The molecule has 2 N–H and O–H groups in total. The molecule has 0 saturated carbocycles. The van der Waals surface area contributed by atoms with Gasteiger partial charge in [-0.15, -0.1) is 0 Å². The number of nitrogens with one attached hydrogen (secondary N) is 1. The second kappa shape index (κ2) is 24.5. The molecule has 2 aromatic carbocycles. The molecule has 316 valence electrons. The molecule has 21 heteroatoms. The van der Waals surface area contributed by atoms with E-state index in [1.165, 1.54) is 0 Å². The summed E-state index contributed by atoms with van der Waals surface area (Å²) in [5.41, 5.74) is 5.90. The minimum Gasteiger partial charge on any atom is -0.870 e. The summed E-state index contributed by atoms with van der Waals surface area (Å²) >= 11 is 0. The minimum atomic E-state index is -1.44. The maximum absolute atomic E-state index is 12.9. The summed E-state index contributed by atoms with van der Waals surface area (Å²) < 4.78 is 69.8. The van der Waals surface area contributed by atoms with E-state index in [9.17, 15) is 8.42 Å². The predicted octanol–water partition coefficient (Wildman–Crippen LogP) is -1.02. The monoisotopic (exact) mass is 896 g/mol. The number of imidazole rings is 2. The van der Waals surface area contributed by atoms with E-state index in [0.29, 0.717) is 103 Å². The molecular formula is C40H46N6Na2O11S2. The Bertz CT molecular complexity index is 2170. The number of nitrogens with zero attached hydrogens (tertiary/aromatic N) is 5. The average Bonchev–Trinajstić information content (AvgIpc) is 3.86. The second-order valence-electron chi connectivity index (χ2n) is 13.2. The second-order valence-corrected chi connectivity index (χ2v) is 15.9. The van der Waals surface area contributed by atoms with Gasteiger partial charge in [0.2, 0.25) is 0 Å². The van der Waals surface area contributed by atoms with Crippen molar-refractivity contribution < 1.29 is 111 Å².